The van der Waals surface area contributed by atoms with Gasteiger partial charge in [0.05, 0.1) is 12.2 Å². The van der Waals surface area contributed by atoms with Gasteiger partial charge in [-0.3, -0.25) is 0 Å². The summed E-state index contributed by atoms with van der Waals surface area (Å²) in [7, 11) is 0. The lowest BCUT2D eigenvalue weighted by Crippen LogP contribution is -1.99. The Balaban J connectivity index is 2.07. The predicted octanol–water partition coefficient (Wildman–Crippen LogP) is 4.40. The van der Waals surface area contributed by atoms with Crippen LogP contribution in [0.4, 0.5) is 10.1 Å². The van der Waals surface area contributed by atoms with Gasteiger partial charge in [0.25, 0.3) is 0 Å². The molecule has 1 aromatic carbocycles. The molecule has 2 rings (SSSR count). The number of nitrogens with one attached hydrogen (secondary N) is 1. The minimum atomic E-state index is -0.264. The second-order valence-corrected chi connectivity index (χ2v) is 5.10. The Morgan fingerprint density at radius 1 is 1.31 bits per heavy atom. The second-order valence-electron chi connectivity index (χ2n) is 3.18. The maximum atomic E-state index is 13.0. The third-order valence-electron chi connectivity index (χ3n) is 2.01. The lowest BCUT2D eigenvalue weighted by molar-refractivity contribution is 0.492. The van der Waals surface area contributed by atoms with Gasteiger partial charge in [0, 0.05) is 4.47 Å². The molecule has 16 heavy (non-hydrogen) atoms. The summed E-state index contributed by atoms with van der Waals surface area (Å²) < 4.78 is 20.1. The van der Waals surface area contributed by atoms with Crippen LogP contribution in [0.25, 0.3) is 0 Å². The van der Waals surface area contributed by atoms with E-state index in [-0.39, 0.29) is 5.82 Å². The third-order valence-corrected chi connectivity index (χ3v) is 3.28. The van der Waals surface area contributed by atoms with Crippen molar-refractivity contribution in [1.29, 1.82) is 0 Å². The van der Waals surface area contributed by atoms with E-state index in [0.29, 0.717) is 12.2 Å². The predicted molar refractivity (Wildman–Crippen MR) is 72.9 cm³/mol. The van der Waals surface area contributed by atoms with Crippen LogP contribution in [0.1, 0.15) is 5.76 Å². The van der Waals surface area contributed by atoms with Crippen molar-refractivity contribution < 1.29 is 8.81 Å². The van der Waals surface area contributed by atoms with Gasteiger partial charge in [-0.15, -0.1) is 0 Å². The zero-order chi connectivity index (χ0) is 11.5. The van der Waals surface area contributed by atoms with E-state index in [1.807, 2.05) is 12.1 Å². The number of anilines is 1. The summed E-state index contributed by atoms with van der Waals surface area (Å²) in [6.45, 7) is 0.533. The number of hydrogen-bond donors (Lipinski definition) is 1. The molecule has 0 spiro atoms. The zero-order valence-corrected chi connectivity index (χ0v) is 11.9. The first-order valence-electron chi connectivity index (χ1n) is 4.58. The molecule has 5 heteroatoms. The summed E-state index contributed by atoms with van der Waals surface area (Å²) in [5.41, 5.74) is 0.714. The molecular formula is C11H8BrFINO. The second kappa shape index (κ2) is 5.18. The van der Waals surface area contributed by atoms with Crippen molar-refractivity contribution in [1.82, 2.24) is 0 Å². The standard InChI is InChI=1S/C11H8BrFINO/c12-9-3-1-7(13)5-10(9)15-6-8-2-4-11(14)16-8/h1-5,15H,6H2. The molecule has 1 N–H and O–H groups in total. The lowest BCUT2D eigenvalue weighted by Gasteiger charge is -2.06. The quantitative estimate of drug-likeness (QED) is 0.779. The molecule has 1 aromatic heterocycles. The van der Waals surface area contributed by atoms with Crippen LogP contribution in [-0.4, -0.2) is 0 Å². The van der Waals surface area contributed by atoms with E-state index >= 15 is 0 Å². The van der Waals surface area contributed by atoms with Crippen molar-refractivity contribution in [2.75, 3.05) is 5.32 Å². The first kappa shape index (κ1) is 11.9. The van der Waals surface area contributed by atoms with Gasteiger partial charge in [-0.25, -0.2) is 4.39 Å². The molecule has 84 valence electrons. The van der Waals surface area contributed by atoms with Crippen molar-refractivity contribution in [3.8, 4) is 0 Å². The van der Waals surface area contributed by atoms with Crippen LogP contribution in [0.3, 0.4) is 0 Å². The van der Waals surface area contributed by atoms with E-state index in [2.05, 4.69) is 43.8 Å². The molecule has 0 atom stereocenters. The summed E-state index contributed by atoms with van der Waals surface area (Å²) in [6.07, 6.45) is 0. The highest BCUT2D eigenvalue weighted by Gasteiger charge is 2.03. The molecule has 0 amide bonds. The summed E-state index contributed by atoms with van der Waals surface area (Å²) in [5.74, 6) is 0.556. The van der Waals surface area contributed by atoms with Crippen LogP contribution in [0, 0.1) is 9.58 Å². The van der Waals surface area contributed by atoms with Crippen LogP contribution in [0.5, 0.6) is 0 Å². The van der Waals surface area contributed by atoms with Gasteiger partial charge in [-0.1, -0.05) is 0 Å². The van der Waals surface area contributed by atoms with Gasteiger partial charge in [-0.05, 0) is 68.9 Å². The third kappa shape index (κ3) is 2.98. The Bertz CT molecular complexity index is 500. The highest BCUT2D eigenvalue weighted by molar-refractivity contribution is 14.1. The topological polar surface area (TPSA) is 25.2 Å². The number of halogens is 3. The smallest absolute Gasteiger partial charge is 0.164 e. The SMILES string of the molecule is Fc1ccc(Br)c(NCc2ccc(I)o2)c1. The van der Waals surface area contributed by atoms with Crippen LogP contribution in [0.2, 0.25) is 0 Å². The van der Waals surface area contributed by atoms with Gasteiger partial charge in [0.2, 0.25) is 0 Å². The summed E-state index contributed by atoms with van der Waals surface area (Å²) in [6, 6.07) is 8.30. The molecule has 0 radical (unpaired) electrons. The Kier molecular flexibility index (Phi) is 3.86. The van der Waals surface area contributed by atoms with Gasteiger partial charge in [0.15, 0.2) is 3.77 Å². The summed E-state index contributed by atoms with van der Waals surface area (Å²) in [4.78, 5) is 0. The number of furan rings is 1. The average Bonchev–Trinajstić information content (AvgIpc) is 2.66. The van der Waals surface area contributed by atoms with E-state index in [9.17, 15) is 4.39 Å². The molecule has 2 aromatic rings. The maximum Gasteiger partial charge on any atom is 0.164 e. The summed E-state index contributed by atoms with van der Waals surface area (Å²) in [5, 5.41) is 3.10. The fraction of sp³-hybridized carbons (Fsp3) is 0.0909. The normalized spacial score (nSPS) is 10.4. The van der Waals surface area contributed by atoms with Crippen molar-refractivity contribution in [3.63, 3.8) is 0 Å². The number of rotatable bonds is 3. The number of benzene rings is 1. The van der Waals surface area contributed by atoms with E-state index in [4.69, 9.17) is 4.42 Å². The molecule has 0 saturated heterocycles. The molecule has 2 nitrogen and oxygen atoms in total. The van der Waals surface area contributed by atoms with Gasteiger partial charge in [-0.2, -0.15) is 0 Å². The van der Waals surface area contributed by atoms with Crippen molar-refractivity contribution in [2.45, 2.75) is 6.54 Å². The molecule has 0 bridgehead atoms. The van der Waals surface area contributed by atoms with Crippen LogP contribution >= 0.6 is 38.5 Å². The van der Waals surface area contributed by atoms with Gasteiger partial charge >= 0.3 is 0 Å². The van der Waals surface area contributed by atoms with Crippen LogP contribution < -0.4 is 5.32 Å². The average molecular weight is 396 g/mol. The molecule has 0 aliphatic rings. The molecule has 0 aliphatic heterocycles. The number of hydrogen-bond acceptors (Lipinski definition) is 2. The Labute approximate surface area is 114 Å². The molecule has 0 aliphatic carbocycles. The fourth-order valence-corrected chi connectivity index (χ4v) is 2.11. The molecule has 0 unspecified atom stereocenters. The lowest BCUT2D eigenvalue weighted by atomic mass is 10.3. The summed E-state index contributed by atoms with van der Waals surface area (Å²) >= 11 is 5.45. The van der Waals surface area contributed by atoms with Crippen LogP contribution in [-0.2, 0) is 6.54 Å². The van der Waals surface area contributed by atoms with Crippen LogP contribution in [0.15, 0.2) is 39.2 Å². The highest BCUT2D eigenvalue weighted by atomic mass is 127. The monoisotopic (exact) mass is 395 g/mol. The first-order chi connectivity index (χ1) is 7.65. The molecule has 1 heterocycles. The van der Waals surface area contributed by atoms with Gasteiger partial charge < -0.3 is 9.73 Å². The highest BCUT2D eigenvalue weighted by Crippen LogP contribution is 2.23. The minimum Gasteiger partial charge on any atom is -0.454 e. The van der Waals surface area contributed by atoms with Crippen molar-refractivity contribution in [3.05, 3.63) is 50.1 Å². The fourth-order valence-electron chi connectivity index (χ4n) is 1.26. The Hall–Kier alpha value is -0.560. The van der Waals surface area contributed by atoms with Crippen molar-refractivity contribution in [2.24, 2.45) is 0 Å². The molecular weight excluding hydrogens is 388 g/mol. The first-order valence-corrected chi connectivity index (χ1v) is 6.45. The van der Waals surface area contributed by atoms with Crippen molar-refractivity contribution >= 4 is 44.2 Å². The van der Waals surface area contributed by atoms with E-state index in [0.717, 1.165) is 14.0 Å². The van der Waals surface area contributed by atoms with E-state index in [1.165, 1.54) is 12.1 Å². The molecule has 0 saturated carbocycles. The van der Waals surface area contributed by atoms with Gasteiger partial charge in [0.1, 0.15) is 11.6 Å². The largest absolute Gasteiger partial charge is 0.454 e. The molecule has 0 fully saturated rings. The van der Waals surface area contributed by atoms with E-state index < -0.39 is 0 Å². The Morgan fingerprint density at radius 2 is 2.12 bits per heavy atom. The Morgan fingerprint density at radius 3 is 2.81 bits per heavy atom. The maximum absolute atomic E-state index is 13.0. The van der Waals surface area contributed by atoms with E-state index in [1.54, 1.807) is 6.07 Å². The minimum absolute atomic E-state index is 0.264. The zero-order valence-electron chi connectivity index (χ0n) is 8.14.